The summed E-state index contributed by atoms with van der Waals surface area (Å²) in [5.74, 6) is 3.28. The maximum absolute atomic E-state index is 12.7. The zero-order valence-electron chi connectivity index (χ0n) is 19.1. The van der Waals surface area contributed by atoms with Crippen molar-refractivity contribution in [2.45, 2.75) is 76.7 Å². The van der Waals surface area contributed by atoms with Gasteiger partial charge in [-0.25, -0.2) is 0 Å². The largest absolute Gasteiger partial charge is 0.326 e. The van der Waals surface area contributed by atoms with Gasteiger partial charge in [0, 0.05) is 23.8 Å². The van der Waals surface area contributed by atoms with E-state index in [2.05, 4.69) is 48.3 Å². The van der Waals surface area contributed by atoms with E-state index in [1.54, 1.807) is 11.3 Å². The van der Waals surface area contributed by atoms with E-state index in [1.165, 1.54) is 50.5 Å². The van der Waals surface area contributed by atoms with Gasteiger partial charge in [0.15, 0.2) is 4.80 Å². The quantitative estimate of drug-likeness (QED) is 0.645. The number of nitrogens with one attached hydrogen (secondary N) is 1. The molecule has 1 heterocycles. The lowest BCUT2D eigenvalue weighted by molar-refractivity contribution is -0.115. The third kappa shape index (κ3) is 4.26. The van der Waals surface area contributed by atoms with Gasteiger partial charge in [-0.05, 0) is 79.9 Å². The molecule has 0 radical (unpaired) electrons. The van der Waals surface area contributed by atoms with E-state index in [4.69, 9.17) is 4.99 Å². The number of anilines is 1. The van der Waals surface area contributed by atoms with Crippen LogP contribution < -0.4 is 10.1 Å². The number of hydrogen-bond donors (Lipinski definition) is 1. The van der Waals surface area contributed by atoms with Crippen molar-refractivity contribution >= 4 is 22.9 Å². The summed E-state index contributed by atoms with van der Waals surface area (Å²) in [4.78, 5) is 19.1. The minimum absolute atomic E-state index is 0.0307. The fourth-order valence-corrected chi connectivity index (χ4v) is 7.35. The molecule has 5 heteroatoms. The van der Waals surface area contributed by atoms with E-state index >= 15 is 0 Å². The first kappa shape index (κ1) is 21.0. The van der Waals surface area contributed by atoms with E-state index < -0.39 is 0 Å². The maximum atomic E-state index is 12.7. The summed E-state index contributed by atoms with van der Waals surface area (Å²) in [5, 5.41) is 5.17. The van der Waals surface area contributed by atoms with E-state index in [0.717, 1.165) is 33.9 Å². The lowest BCUT2D eigenvalue weighted by atomic mass is 9.55. The normalized spacial score (nSPS) is 30.1. The highest BCUT2D eigenvalue weighted by atomic mass is 32.1. The van der Waals surface area contributed by atoms with Crippen LogP contribution in [0.2, 0.25) is 0 Å². The molecule has 31 heavy (non-hydrogen) atoms. The lowest BCUT2D eigenvalue weighted by Crippen LogP contribution is -2.48. The Balaban J connectivity index is 1.29. The lowest BCUT2D eigenvalue weighted by Gasteiger charge is -2.53. The second-order valence-electron chi connectivity index (χ2n) is 10.6. The van der Waals surface area contributed by atoms with Crippen LogP contribution in [0, 0.1) is 17.8 Å². The Morgan fingerprint density at radius 3 is 2.77 bits per heavy atom. The van der Waals surface area contributed by atoms with Crippen molar-refractivity contribution in [3.8, 4) is 0 Å². The molecule has 0 spiro atoms. The molecule has 3 fully saturated rings. The van der Waals surface area contributed by atoms with Crippen LogP contribution in [0.1, 0.15) is 76.0 Å². The Morgan fingerprint density at radius 2 is 2.00 bits per heavy atom. The van der Waals surface area contributed by atoms with E-state index in [0.29, 0.717) is 12.3 Å². The maximum Gasteiger partial charge on any atom is 0.230 e. The number of thiazole rings is 1. The van der Waals surface area contributed by atoms with Gasteiger partial charge in [-0.2, -0.15) is 0 Å². The van der Waals surface area contributed by atoms with Gasteiger partial charge in [0.2, 0.25) is 5.91 Å². The van der Waals surface area contributed by atoms with Gasteiger partial charge in [-0.15, -0.1) is 11.3 Å². The molecule has 166 valence electrons. The van der Waals surface area contributed by atoms with Gasteiger partial charge >= 0.3 is 0 Å². The third-order valence-corrected chi connectivity index (χ3v) is 9.06. The first-order valence-electron chi connectivity index (χ1n) is 12.0. The molecule has 1 amide bonds. The number of aromatic nitrogens is 1. The van der Waals surface area contributed by atoms with Crippen LogP contribution in [-0.2, 0) is 18.3 Å². The monoisotopic (exact) mass is 437 g/mol. The van der Waals surface area contributed by atoms with Crippen LogP contribution >= 0.6 is 11.3 Å². The summed E-state index contributed by atoms with van der Waals surface area (Å²) in [6.07, 6.45) is 9.88. The van der Waals surface area contributed by atoms with Crippen LogP contribution in [0.15, 0.2) is 34.6 Å². The minimum Gasteiger partial charge on any atom is -0.326 e. The van der Waals surface area contributed by atoms with Crippen molar-refractivity contribution in [2.75, 3.05) is 5.32 Å². The highest BCUT2D eigenvalue weighted by Crippen LogP contribution is 2.55. The fourth-order valence-electron chi connectivity index (χ4n) is 6.34. The molecule has 2 aromatic rings. The molecule has 0 aliphatic heterocycles. The van der Waals surface area contributed by atoms with Crippen LogP contribution in [-0.4, -0.2) is 16.0 Å². The fraction of sp³-hybridized carbons (Fsp3) is 0.615. The predicted octanol–water partition coefficient (Wildman–Crippen LogP) is 5.65. The van der Waals surface area contributed by atoms with E-state index in [-0.39, 0.29) is 11.4 Å². The second-order valence-corrected chi connectivity index (χ2v) is 11.4. The Hall–Kier alpha value is -1.88. The summed E-state index contributed by atoms with van der Waals surface area (Å²) in [7, 11) is 2.07. The smallest absolute Gasteiger partial charge is 0.230 e. The molecule has 3 bridgehead atoms. The van der Waals surface area contributed by atoms with Crippen molar-refractivity contribution in [1.29, 1.82) is 0 Å². The summed E-state index contributed by atoms with van der Waals surface area (Å²) < 4.78 is 2.15. The Kier molecular flexibility index (Phi) is 5.58. The molecule has 0 saturated heterocycles. The number of hydrogen-bond acceptors (Lipinski definition) is 3. The first-order chi connectivity index (χ1) is 14.9. The zero-order chi connectivity index (χ0) is 21.6. The average molecular weight is 438 g/mol. The van der Waals surface area contributed by atoms with Gasteiger partial charge in [0.1, 0.15) is 0 Å². The van der Waals surface area contributed by atoms with Gasteiger partial charge < -0.3 is 9.88 Å². The van der Waals surface area contributed by atoms with Crippen LogP contribution in [0.5, 0.6) is 0 Å². The summed E-state index contributed by atoms with van der Waals surface area (Å²) in [6.45, 7) is 4.36. The molecular formula is C26H35N3OS. The van der Waals surface area contributed by atoms with Crippen LogP contribution in [0.3, 0.4) is 0 Å². The Bertz CT molecular complexity index is 1010. The second kappa shape index (κ2) is 8.23. The minimum atomic E-state index is 0.0307. The molecule has 3 saturated carbocycles. The number of benzene rings is 1. The van der Waals surface area contributed by atoms with Crippen molar-refractivity contribution in [1.82, 2.24) is 4.57 Å². The third-order valence-electron chi connectivity index (χ3n) is 8.09. The molecule has 4 unspecified atom stereocenters. The van der Waals surface area contributed by atoms with Crippen molar-refractivity contribution in [2.24, 2.45) is 29.8 Å². The molecule has 4 atom stereocenters. The highest BCUT2D eigenvalue weighted by Gasteiger charge is 2.49. The Morgan fingerprint density at radius 1 is 1.19 bits per heavy atom. The Labute approximate surface area is 189 Å². The van der Waals surface area contributed by atoms with Gasteiger partial charge in [-0.3, -0.25) is 9.79 Å². The van der Waals surface area contributed by atoms with E-state index in [9.17, 15) is 4.79 Å². The average Bonchev–Trinajstić information content (AvgIpc) is 3.06. The van der Waals surface area contributed by atoms with Crippen LogP contribution in [0.25, 0.3) is 0 Å². The zero-order valence-corrected chi connectivity index (χ0v) is 19.9. The predicted molar refractivity (Wildman–Crippen MR) is 127 cm³/mol. The molecule has 3 aliphatic rings. The standard InChI is InChI=1S/C26H35N3OS/c1-17(2)19-6-8-22(9-7-19)27-24(30)13-23-16-31-25(29(23)3)28-26-11-10-20-5-4-18(14-26)12-21(20)15-26/h6-9,16-18,20-21H,4-5,10-15H2,1-3H3,(H,27,30)/b28-25-. The van der Waals surface area contributed by atoms with Crippen molar-refractivity contribution in [3.05, 3.63) is 45.7 Å². The molecule has 1 aromatic carbocycles. The number of fused-ring (bicyclic) bond motifs is 2. The van der Waals surface area contributed by atoms with Gasteiger partial charge in [-0.1, -0.05) is 32.4 Å². The molecular weight excluding hydrogens is 402 g/mol. The van der Waals surface area contributed by atoms with Crippen molar-refractivity contribution in [3.63, 3.8) is 0 Å². The first-order valence-corrected chi connectivity index (χ1v) is 12.9. The summed E-state index contributed by atoms with van der Waals surface area (Å²) in [5.41, 5.74) is 3.35. The number of carbonyl (C=O) groups is 1. The number of rotatable bonds is 5. The molecule has 5 rings (SSSR count). The summed E-state index contributed by atoms with van der Waals surface area (Å²) in [6, 6.07) is 8.18. The van der Waals surface area contributed by atoms with E-state index in [1.807, 2.05) is 12.1 Å². The van der Waals surface area contributed by atoms with Gasteiger partial charge in [0.05, 0.1) is 12.0 Å². The van der Waals surface area contributed by atoms with Crippen LogP contribution in [0.4, 0.5) is 5.69 Å². The number of carbonyl (C=O) groups excluding carboxylic acids is 1. The molecule has 1 N–H and O–H groups in total. The topological polar surface area (TPSA) is 46.4 Å². The summed E-state index contributed by atoms with van der Waals surface area (Å²) >= 11 is 1.70. The molecule has 3 aliphatic carbocycles. The highest BCUT2D eigenvalue weighted by molar-refractivity contribution is 7.07. The SMILES string of the molecule is CC(C)c1ccc(NC(=O)Cc2cs/c(=N\C34CCC5CCC(CC5C3)C4)n2C)cc1. The molecule has 4 nitrogen and oxygen atoms in total. The number of amides is 1. The number of nitrogens with zero attached hydrogens (tertiary/aromatic N) is 2. The van der Waals surface area contributed by atoms with Gasteiger partial charge in [0.25, 0.3) is 0 Å². The van der Waals surface area contributed by atoms with Crippen molar-refractivity contribution < 1.29 is 4.79 Å². The molecule has 1 aromatic heterocycles.